The third kappa shape index (κ3) is 3.87. The molecule has 22 heavy (non-hydrogen) atoms. The molecule has 2 amide bonds. The molecule has 2 N–H and O–H groups in total. The molecule has 0 saturated carbocycles. The molecule has 1 aromatic rings. The zero-order valence-electron chi connectivity index (χ0n) is 12.4. The standard InChI is InChI=1S/C15H19N3O4/c1-21-14-3-2-13(6-12(14)7-16)17-15(20)18-4-5-22-10-11(8-18)9-19/h2-3,6,11,19H,4-5,8-10H2,1H3,(H,17,20)/t11-/m1/s1. The summed E-state index contributed by atoms with van der Waals surface area (Å²) in [5.41, 5.74) is 0.876. The van der Waals surface area contributed by atoms with Gasteiger partial charge in [0.05, 0.1) is 25.9 Å². The van der Waals surface area contributed by atoms with Crippen LogP contribution in [0.5, 0.6) is 5.75 Å². The van der Waals surface area contributed by atoms with E-state index in [9.17, 15) is 9.90 Å². The van der Waals surface area contributed by atoms with Crippen molar-refractivity contribution in [1.29, 1.82) is 5.26 Å². The highest BCUT2D eigenvalue weighted by molar-refractivity contribution is 5.89. The molecule has 1 aliphatic rings. The lowest BCUT2D eigenvalue weighted by atomic mass is 10.1. The highest BCUT2D eigenvalue weighted by Gasteiger charge is 2.22. The van der Waals surface area contributed by atoms with Crippen molar-refractivity contribution >= 4 is 11.7 Å². The minimum absolute atomic E-state index is 0.0229. The lowest BCUT2D eigenvalue weighted by molar-refractivity contribution is 0.0958. The fraction of sp³-hybridized carbons (Fsp3) is 0.467. The van der Waals surface area contributed by atoms with Crippen molar-refractivity contribution in [2.75, 3.05) is 45.3 Å². The van der Waals surface area contributed by atoms with Crippen LogP contribution in [0.15, 0.2) is 18.2 Å². The minimum Gasteiger partial charge on any atom is -0.495 e. The third-order valence-corrected chi connectivity index (χ3v) is 3.45. The van der Waals surface area contributed by atoms with E-state index in [1.165, 1.54) is 7.11 Å². The Bertz CT molecular complexity index is 570. The van der Waals surface area contributed by atoms with Crippen molar-refractivity contribution in [3.05, 3.63) is 23.8 Å². The lowest BCUT2D eigenvalue weighted by Gasteiger charge is -2.23. The number of aliphatic hydroxyl groups excluding tert-OH is 1. The number of benzene rings is 1. The van der Waals surface area contributed by atoms with Crippen LogP contribution in [0.25, 0.3) is 0 Å². The Balaban J connectivity index is 2.06. The van der Waals surface area contributed by atoms with E-state index in [1.54, 1.807) is 23.1 Å². The molecule has 0 unspecified atom stereocenters. The molecule has 1 atom stereocenters. The normalized spacial score (nSPS) is 18.2. The van der Waals surface area contributed by atoms with Gasteiger partial charge in [0.1, 0.15) is 11.8 Å². The van der Waals surface area contributed by atoms with E-state index in [2.05, 4.69) is 5.32 Å². The molecule has 7 nitrogen and oxygen atoms in total. The van der Waals surface area contributed by atoms with E-state index in [1.807, 2.05) is 6.07 Å². The molecule has 0 aromatic heterocycles. The first-order chi connectivity index (χ1) is 10.7. The Labute approximate surface area is 129 Å². The molecule has 118 valence electrons. The third-order valence-electron chi connectivity index (χ3n) is 3.45. The zero-order chi connectivity index (χ0) is 15.9. The monoisotopic (exact) mass is 305 g/mol. The number of methoxy groups -OCH3 is 1. The Morgan fingerprint density at radius 2 is 2.45 bits per heavy atom. The van der Waals surface area contributed by atoms with Gasteiger partial charge in [0.2, 0.25) is 0 Å². The fourth-order valence-corrected chi connectivity index (χ4v) is 2.25. The average Bonchev–Trinajstić information content (AvgIpc) is 2.80. The number of ether oxygens (including phenoxy) is 2. The number of anilines is 1. The maximum atomic E-state index is 12.3. The molecule has 0 spiro atoms. The Hall–Kier alpha value is -2.30. The number of nitrogens with zero attached hydrogens (tertiary/aromatic N) is 2. The number of aliphatic hydroxyl groups is 1. The summed E-state index contributed by atoms with van der Waals surface area (Å²) in [6.45, 7) is 1.76. The van der Waals surface area contributed by atoms with Crippen molar-refractivity contribution in [3.8, 4) is 11.8 Å². The van der Waals surface area contributed by atoms with Gasteiger partial charge in [0, 0.05) is 31.3 Å². The Morgan fingerprint density at radius 3 is 3.14 bits per heavy atom. The number of urea groups is 1. The van der Waals surface area contributed by atoms with E-state index < -0.39 is 0 Å². The second-order valence-electron chi connectivity index (χ2n) is 5.03. The van der Waals surface area contributed by atoms with E-state index in [-0.39, 0.29) is 18.6 Å². The predicted molar refractivity (Wildman–Crippen MR) is 79.7 cm³/mol. The predicted octanol–water partition coefficient (Wildman–Crippen LogP) is 1.04. The summed E-state index contributed by atoms with van der Waals surface area (Å²) in [6, 6.07) is 6.62. The van der Waals surface area contributed by atoms with Crippen LogP contribution in [0.4, 0.5) is 10.5 Å². The first-order valence-corrected chi connectivity index (χ1v) is 7.00. The molecule has 1 fully saturated rings. The Morgan fingerprint density at radius 1 is 1.64 bits per heavy atom. The van der Waals surface area contributed by atoms with Gasteiger partial charge >= 0.3 is 6.03 Å². The number of hydrogen-bond acceptors (Lipinski definition) is 5. The van der Waals surface area contributed by atoms with Crippen LogP contribution in [0.3, 0.4) is 0 Å². The lowest BCUT2D eigenvalue weighted by Crippen LogP contribution is -2.39. The summed E-state index contributed by atoms with van der Waals surface area (Å²) in [7, 11) is 1.49. The summed E-state index contributed by atoms with van der Waals surface area (Å²) >= 11 is 0. The average molecular weight is 305 g/mol. The smallest absolute Gasteiger partial charge is 0.321 e. The number of hydrogen-bond donors (Lipinski definition) is 2. The number of nitrogens with one attached hydrogen (secondary N) is 1. The van der Waals surface area contributed by atoms with Gasteiger partial charge in [-0.05, 0) is 18.2 Å². The SMILES string of the molecule is COc1ccc(NC(=O)N2CCOC[C@@H](CO)C2)cc1C#N. The van der Waals surface area contributed by atoms with Crippen molar-refractivity contribution in [3.63, 3.8) is 0 Å². The van der Waals surface area contributed by atoms with Gasteiger partial charge < -0.3 is 24.8 Å². The Kier molecular flexibility index (Phi) is 5.58. The molecule has 0 bridgehead atoms. The van der Waals surface area contributed by atoms with Gasteiger partial charge in [-0.2, -0.15) is 5.26 Å². The molecule has 1 aromatic carbocycles. The van der Waals surface area contributed by atoms with Gasteiger partial charge in [-0.3, -0.25) is 0 Å². The number of amides is 2. The summed E-state index contributed by atoms with van der Waals surface area (Å²) in [5, 5.41) is 21.1. The molecular weight excluding hydrogens is 286 g/mol. The quantitative estimate of drug-likeness (QED) is 0.870. The van der Waals surface area contributed by atoms with Crippen molar-refractivity contribution in [2.24, 2.45) is 5.92 Å². The van der Waals surface area contributed by atoms with Crippen LogP contribution in [0.2, 0.25) is 0 Å². The first kappa shape index (κ1) is 16.1. The zero-order valence-corrected chi connectivity index (χ0v) is 12.4. The van der Waals surface area contributed by atoms with Crippen LogP contribution < -0.4 is 10.1 Å². The molecule has 1 saturated heterocycles. The maximum absolute atomic E-state index is 12.3. The van der Waals surface area contributed by atoms with Crippen molar-refractivity contribution in [1.82, 2.24) is 4.90 Å². The molecule has 0 aliphatic carbocycles. The van der Waals surface area contributed by atoms with Crippen molar-refractivity contribution in [2.45, 2.75) is 0 Å². The molecule has 2 rings (SSSR count). The van der Waals surface area contributed by atoms with Crippen LogP contribution in [-0.4, -0.2) is 56.1 Å². The molecular formula is C15H19N3O4. The van der Waals surface area contributed by atoms with E-state index in [0.29, 0.717) is 43.3 Å². The number of carbonyl (C=O) groups excluding carboxylic acids is 1. The van der Waals surface area contributed by atoms with Gasteiger partial charge in [-0.25, -0.2) is 4.79 Å². The first-order valence-electron chi connectivity index (χ1n) is 7.00. The van der Waals surface area contributed by atoms with E-state index in [0.717, 1.165) is 0 Å². The summed E-state index contributed by atoms with van der Waals surface area (Å²) < 4.78 is 10.4. The largest absolute Gasteiger partial charge is 0.495 e. The summed E-state index contributed by atoms with van der Waals surface area (Å²) in [6.07, 6.45) is 0. The number of carbonyl (C=O) groups is 1. The molecule has 1 heterocycles. The van der Waals surface area contributed by atoms with Gasteiger partial charge in [0.15, 0.2) is 0 Å². The van der Waals surface area contributed by atoms with Crippen LogP contribution in [0.1, 0.15) is 5.56 Å². The van der Waals surface area contributed by atoms with Gasteiger partial charge in [-0.15, -0.1) is 0 Å². The number of nitriles is 1. The fourth-order valence-electron chi connectivity index (χ4n) is 2.25. The van der Waals surface area contributed by atoms with Crippen LogP contribution >= 0.6 is 0 Å². The topological polar surface area (TPSA) is 94.8 Å². The second-order valence-corrected chi connectivity index (χ2v) is 5.03. The minimum atomic E-state index is -0.280. The van der Waals surface area contributed by atoms with Gasteiger partial charge in [0.25, 0.3) is 0 Å². The number of rotatable bonds is 3. The van der Waals surface area contributed by atoms with Crippen LogP contribution in [0, 0.1) is 17.2 Å². The van der Waals surface area contributed by atoms with Gasteiger partial charge in [-0.1, -0.05) is 0 Å². The highest BCUT2D eigenvalue weighted by atomic mass is 16.5. The summed E-state index contributed by atoms with van der Waals surface area (Å²) in [5.74, 6) is 0.378. The van der Waals surface area contributed by atoms with Crippen molar-refractivity contribution < 1.29 is 19.4 Å². The maximum Gasteiger partial charge on any atom is 0.321 e. The molecule has 1 aliphatic heterocycles. The second kappa shape index (κ2) is 7.64. The van der Waals surface area contributed by atoms with E-state index in [4.69, 9.17) is 14.7 Å². The van der Waals surface area contributed by atoms with Crippen LogP contribution in [-0.2, 0) is 4.74 Å². The highest BCUT2D eigenvalue weighted by Crippen LogP contribution is 2.22. The van der Waals surface area contributed by atoms with E-state index >= 15 is 0 Å². The molecule has 0 radical (unpaired) electrons. The molecule has 7 heteroatoms. The summed E-state index contributed by atoms with van der Waals surface area (Å²) in [4.78, 5) is 13.9.